The fraction of sp³-hybridized carbons (Fsp3) is 0. The van der Waals surface area contributed by atoms with Crippen LogP contribution in [0.4, 0.5) is 5.69 Å². The summed E-state index contributed by atoms with van der Waals surface area (Å²) >= 11 is 1.40. The van der Waals surface area contributed by atoms with Gasteiger partial charge in [0.1, 0.15) is 11.6 Å². The van der Waals surface area contributed by atoms with Gasteiger partial charge in [0.15, 0.2) is 0 Å². The van der Waals surface area contributed by atoms with E-state index in [0.29, 0.717) is 0 Å². The summed E-state index contributed by atoms with van der Waals surface area (Å²) in [6, 6.07) is 11.4. The predicted octanol–water partition coefficient (Wildman–Crippen LogP) is 2.99. The Balaban J connectivity index is 2.25. The monoisotopic (exact) mass is 298 g/mol. The van der Waals surface area contributed by atoms with E-state index in [0.717, 1.165) is 4.88 Å². The average molecular weight is 298 g/mol. The standard InChI is InChI=1S/C15H10N2O3S/c16-9-10(8-11-4-3-7-21-11)14(18)17-13-6-2-1-5-12(13)15(19)20/h1-8H,(H,17,18)(H,19,20)/b10-8+. The van der Waals surface area contributed by atoms with E-state index < -0.39 is 11.9 Å². The smallest absolute Gasteiger partial charge is 0.337 e. The Labute approximate surface area is 124 Å². The van der Waals surface area contributed by atoms with Gasteiger partial charge in [0.25, 0.3) is 5.91 Å². The predicted molar refractivity (Wildman–Crippen MR) is 79.9 cm³/mol. The van der Waals surface area contributed by atoms with Gasteiger partial charge in [-0.3, -0.25) is 4.79 Å². The van der Waals surface area contributed by atoms with Crippen LogP contribution in [0.2, 0.25) is 0 Å². The van der Waals surface area contributed by atoms with Crippen molar-refractivity contribution in [2.75, 3.05) is 5.32 Å². The molecule has 6 heteroatoms. The summed E-state index contributed by atoms with van der Waals surface area (Å²) in [5.41, 5.74) is 0.0410. The third-order valence-corrected chi connectivity index (χ3v) is 3.42. The number of carbonyl (C=O) groups excluding carboxylic acids is 1. The van der Waals surface area contributed by atoms with Gasteiger partial charge in [0.2, 0.25) is 0 Å². The Morgan fingerprint density at radius 2 is 2.00 bits per heavy atom. The number of nitrogens with zero attached hydrogens (tertiary/aromatic N) is 1. The molecule has 0 saturated carbocycles. The van der Waals surface area contributed by atoms with Crippen LogP contribution in [0.1, 0.15) is 15.2 Å². The number of carboxylic acid groups (broad SMARTS) is 1. The fourth-order valence-corrected chi connectivity index (χ4v) is 2.29. The van der Waals surface area contributed by atoms with E-state index in [4.69, 9.17) is 10.4 Å². The molecule has 0 radical (unpaired) electrons. The molecule has 104 valence electrons. The Morgan fingerprint density at radius 3 is 2.62 bits per heavy atom. The van der Waals surface area contributed by atoms with Crippen molar-refractivity contribution < 1.29 is 14.7 Å². The number of thiophene rings is 1. The van der Waals surface area contributed by atoms with Gasteiger partial charge in [-0.1, -0.05) is 18.2 Å². The zero-order valence-electron chi connectivity index (χ0n) is 10.7. The van der Waals surface area contributed by atoms with E-state index in [-0.39, 0.29) is 16.8 Å². The summed E-state index contributed by atoms with van der Waals surface area (Å²) in [7, 11) is 0. The van der Waals surface area contributed by atoms with Crippen molar-refractivity contribution in [3.05, 3.63) is 57.8 Å². The Morgan fingerprint density at radius 1 is 1.24 bits per heavy atom. The van der Waals surface area contributed by atoms with E-state index in [2.05, 4.69) is 5.32 Å². The molecule has 0 fully saturated rings. The van der Waals surface area contributed by atoms with Gasteiger partial charge >= 0.3 is 5.97 Å². The number of hydrogen-bond donors (Lipinski definition) is 2. The second-order valence-corrected chi connectivity index (χ2v) is 4.97. The SMILES string of the molecule is N#C/C(=C\c1cccs1)C(=O)Nc1ccccc1C(=O)O. The number of benzene rings is 1. The number of para-hydroxylation sites is 1. The van der Waals surface area contributed by atoms with E-state index in [1.165, 1.54) is 29.5 Å². The molecule has 2 N–H and O–H groups in total. The first-order valence-corrected chi connectivity index (χ1v) is 6.78. The average Bonchev–Trinajstić information content (AvgIpc) is 2.98. The molecule has 1 heterocycles. The molecular formula is C15H10N2O3S. The summed E-state index contributed by atoms with van der Waals surface area (Å²) in [5.74, 6) is -1.79. The van der Waals surface area contributed by atoms with Crippen molar-refractivity contribution in [2.45, 2.75) is 0 Å². The van der Waals surface area contributed by atoms with Gasteiger partial charge in [-0.25, -0.2) is 4.79 Å². The number of carboxylic acids is 1. The largest absolute Gasteiger partial charge is 0.478 e. The number of aromatic carboxylic acids is 1. The molecule has 0 spiro atoms. The lowest BCUT2D eigenvalue weighted by Gasteiger charge is -2.07. The number of anilines is 1. The molecule has 0 saturated heterocycles. The first-order chi connectivity index (χ1) is 10.1. The van der Waals surface area contributed by atoms with Gasteiger partial charge in [-0.2, -0.15) is 5.26 Å². The van der Waals surface area contributed by atoms with Crippen molar-refractivity contribution in [2.24, 2.45) is 0 Å². The minimum absolute atomic E-state index is 0.0285. The van der Waals surface area contributed by atoms with Crippen LogP contribution in [0.5, 0.6) is 0 Å². The highest BCUT2D eigenvalue weighted by molar-refractivity contribution is 7.10. The van der Waals surface area contributed by atoms with Gasteiger partial charge in [0.05, 0.1) is 11.3 Å². The zero-order valence-corrected chi connectivity index (χ0v) is 11.6. The lowest BCUT2D eigenvalue weighted by molar-refractivity contribution is -0.112. The van der Waals surface area contributed by atoms with Crippen molar-refractivity contribution >= 4 is 35.0 Å². The molecule has 1 amide bonds. The molecule has 21 heavy (non-hydrogen) atoms. The van der Waals surface area contributed by atoms with Gasteiger partial charge < -0.3 is 10.4 Å². The molecule has 0 bridgehead atoms. The molecule has 0 aliphatic rings. The van der Waals surface area contributed by atoms with Crippen LogP contribution in [-0.2, 0) is 4.79 Å². The van der Waals surface area contributed by atoms with Crippen LogP contribution in [0.3, 0.4) is 0 Å². The molecule has 0 aliphatic heterocycles. The highest BCUT2D eigenvalue weighted by atomic mass is 32.1. The molecule has 2 rings (SSSR count). The van der Waals surface area contributed by atoms with E-state index in [1.54, 1.807) is 18.2 Å². The maximum absolute atomic E-state index is 12.1. The Bertz CT molecular complexity index is 743. The number of amides is 1. The fourth-order valence-electron chi connectivity index (χ4n) is 1.63. The first-order valence-electron chi connectivity index (χ1n) is 5.91. The second kappa shape index (κ2) is 6.50. The van der Waals surface area contributed by atoms with E-state index in [9.17, 15) is 9.59 Å². The maximum atomic E-state index is 12.1. The summed E-state index contributed by atoms with van der Waals surface area (Å²) in [4.78, 5) is 23.9. The number of hydrogen-bond acceptors (Lipinski definition) is 4. The maximum Gasteiger partial charge on any atom is 0.337 e. The molecule has 2 aromatic rings. The third kappa shape index (κ3) is 3.55. The Kier molecular flexibility index (Phi) is 4.49. The van der Waals surface area contributed by atoms with Crippen LogP contribution in [-0.4, -0.2) is 17.0 Å². The highest BCUT2D eigenvalue weighted by Gasteiger charge is 2.14. The van der Waals surface area contributed by atoms with Crippen molar-refractivity contribution in [1.29, 1.82) is 5.26 Å². The number of rotatable bonds is 4. The minimum Gasteiger partial charge on any atom is -0.478 e. The van der Waals surface area contributed by atoms with Gasteiger partial charge in [-0.15, -0.1) is 11.3 Å². The van der Waals surface area contributed by atoms with Gasteiger partial charge in [0, 0.05) is 4.88 Å². The van der Waals surface area contributed by atoms with Crippen molar-refractivity contribution in [3.8, 4) is 6.07 Å². The molecule has 0 aliphatic carbocycles. The molecule has 1 aromatic heterocycles. The van der Waals surface area contributed by atoms with Crippen LogP contribution >= 0.6 is 11.3 Å². The topological polar surface area (TPSA) is 90.2 Å². The summed E-state index contributed by atoms with van der Waals surface area (Å²) in [6.07, 6.45) is 1.46. The minimum atomic E-state index is -1.15. The summed E-state index contributed by atoms with van der Waals surface area (Å²) in [6.45, 7) is 0. The van der Waals surface area contributed by atoms with Crippen LogP contribution in [0, 0.1) is 11.3 Å². The zero-order chi connectivity index (χ0) is 15.2. The lowest BCUT2D eigenvalue weighted by atomic mass is 10.1. The van der Waals surface area contributed by atoms with Crippen LogP contribution < -0.4 is 5.32 Å². The number of nitriles is 1. The molecule has 0 unspecified atom stereocenters. The van der Waals surface area contributed by atoms with Gasteiger partial charge in [-0.05, 0) is 29.7 Å². The second-order valence-electron chi connectivity index (χ2n) is 3.99. The van der Waals surface area contributed by atoms with Crippen molar-refractivity contribution in [3.63, 3.8) is 0 Å². The molecule has 5 nitrogen and oxygen atoms in total. The number of carbonyl (C=O) groups is 2. The summed E-state index contributed by atoms with van der Waals surface area (Å²) in [5, 5.41) is 22.4. The first kappa shape index (κ1) is 14.5. The lowest BCUT2D eigenvalue weighted by Crippen LogP contribution is -2.15. The normalized spacial score (nSPS) is 10.7. The van der Waals surface area contributed by atoms with Crippen molar-refractivity contribution in [1.82, 2.24) is 0 Å². The third-order valence-electron chi connectivity index (χ3n) is 2.60. The Hall–Kier alpha value is -2.91. The summed E-state index contributed by atoms with van der Waals surface area (Å²) < 4.78 is 0. The van der Waals surface area contributed by atoms with Crippen LogP contribution in [0.25, 0.3) is 6.08 Å². The quantitative estimate of drug-likeness (QED) is 0.670. The van der Waals surface area contributed by atoms with Crippen LogP contribution in [0.15, 0.2) is 47.4 Å². The molecule has 1 aromatic carbocycles. The number of nitrogens with one attached hydrogen (secondary N) is 1. The van der Waals surface area contributed by atoms with E-state index in [1.807, 2.05) is 17.5 Å². The van der Waals surface area contributed by atoms with E-state index >= 15 is 0 Å². The molecule has 0 atom stereocenters. The molecular weight excluding hydrogens is 288 g/mol. The highest BCUT2D eigenvalue weighted by Crippen LogP contribution is 2.18.